The molecule has 0 spiro atoms. The lowest BCUT2D eigenvalue weighted by Crippen LogP contribution is -2.53. The topological polar surface area (TPSA) is 82.1 Å². The average molecular weight is 485 g/mol. The molecule has 0 unspecified atom stereocenters. The van der Waals surface area contributed by atoms with Crippen molar-refractivity contribution in [3.63, 3.8) is 0 Å². The molecule has 9 heteroatoms. The van der Waals surface area contributed by atoms with Gasteiger partial charge in [0.25, 0.3) is 5.91 Å². The molecule has 0 aliphatic carbocycles. The van der Waals surface area contributed by atoms with Crippen molar-refractivity contribution in [1.29, 1.82) is 0 Å². The number of carbonyl (C=O) groups excluding carboxylic acids is 1. The maximum atomic E-state index is 13.2. The molecule has 5 rings (SSSR count). The molecule has 174 valence electrons. The number of piperazine rings is 1. The van der Waals surface area contributed by atoms with Crippen molar-refractivity contribution in [3.8, 4) is 0 Å². The highest BCUT2D eigenvalue weighted by Crippen LogP contribution is 2.34. The molecule has 3 heterocycles. The molecule has 1 N–H and O–H groups in total. The molecule has 0 radical (unpaired) electrons. The Morgan fingerprint density at radius 3 is 2.70 bits per heavy atom. The van der Waals surface area contributed by atoms with Gasteiger partial charge in [-0.1, -0.05) is 30.0 Å². The Bertz CT molecular complexity index is 1210. The Balaban J connectivity index is 1.24. The zero-order chi connectivity index (χ0) is 23.2. The van der Waals surface area contributed by atoms with Crippen LogP contribution in [0.25, 0.3) is 0 Å². The van der Waals surface area contributed by atoms with Gasteiger partial charge in [-0.05, 0) is 49.7 Å². The largest absolute Gasteiger partial charge is 0.365 e. The number of hydrogen-bond acceptors (Lipinski definition) is 7. The van der Waals surface area contributed by atoms with Crippen molar-refractivity contribution < 1.29 is 13.2 Å². The van der Waals surface area contributed by atoms with Gasteiger partial charge in [0.05, 0.1) is 17.5 Å². The first kappa shape index (κ1) is 22.3. The highest BCUT2D eigenvalue weighted by atomic mass is 32.2. The van der Waals surface area contributed by atoms with E-state index in [1.54, 1.807) is 0 Å². The van der Waals surface area contributed by atoms with Gasteiger partial charge in [-0.2, -0.15) is 0 Å². The number of nitrogens with one attached hydrogen (secondary N) is 1. The maximum absolute atomic E-state index is 13.2. The van der Waals surface area contributed by atoms with E-state index in [4.69, 9.17) is 0 Å². The molecule has 2 aromatic rings. The van der Waals surface area contributed by atoms with Gasteiger partial charge in [0.2, 0.25) is 0 Å². The van der Waals surface area contributed by atoms with Crippen LogP contribution in [0.2, 0.25) is 0 Å². The number of fused-ring (bicyclic) bond motifs is 1. The zero-order valence-electron chi connectivity index (χ0n) is 18.8. The summed E-state index contributed by atoms with van der Waals surface area (Å²) >= 11 is 1.48. The highest BCUT2D eigenvalue weighted by molar-refractivity contribution is 8.15. The molecule has 33 heavy (non-hydrogen) atoms. The highest BCUT2D eigenvalue weighted by Gasteiger charge is 2.42. The molecule has 2 fully saturated rings. The standard InChI is InChI=1S/C24H28N4O3S2/c1-16-5-3-8-20(11-16)28-10-9-27(13-17(28)2)23(29)18-6-4-7-19(12-18)25-24-26-21-14-33(30,31)15-22(21)32-24/h3-8,11-12,17,21-22H,9-10,13-15H2,1-2H3,(H,25,26)/t17-,21-,22+/m1/s1. The van der Waals surface area contributed by atoms with Gasteiger partial charge in [-0.25, -0.2) is 8.42 Å². The number of rotatable bonds is 3. The number of anilines is 2. The Morgan fingerprint density at radius 1 is 1.12 bits per heavy atom. The number of amidine groups is 1. The van der Waals surface area contributed by atoms with E-state index in [1.165, 1.54) is 23.0 Å². The Labute approximate surface area is 199 Å². The molecule has 3 aliphatic rings. The van der Waals surface area contributed by atoms with Gasteiger partial charge < -0.3 is 15.1 Å². The van der Waals surface area contributed by atoms with Crippen LogP contribution in [-0.2, 0) is 9.84 Å². The molecule has 7 nitrogen and oxygen atoms in total. The van der Waals surface area contributed by atoms with Gasteiger partial charge in [0.1, 0.15) is 0 Å². The lowest BCUT2D eigenvalue weighted by atomic mass is 10.1. The zero-order valence-corrected chi connectivity index (χ0v) is 20.4. The summed E-state index contributed by atoms with van der Waals surface area (Å²) in [6.45, 7) is 6.40. The fraction of sp³-hybridized carbons (Fsp3) is 0.417. The number of benzene rings is 2. The smallest absolute Gasteiger partial charge is 0.254 e. The van der Waals surface area contributed by atoms with E-state index in [9.17, 15) is 13.2 Å². The van der Waals surface area contributed by atoms with Crippen LogP contribution < -0.4 is 10.2 Å². The van der Waals surface area contributed by atoms with Gasteiger partial charge in [-0.3, -0.25) is 9.79 Å². The lowest BCUT2D eigenvalue weighted by Gasteiger charge is -2.41. The second-order valence-electron chi connectivity index (χ2n) is 9.07. The predicted molar refractivity (Wildman–Crippen MR) is 135 cm³/mol. The van der Waals surface area contributed by atoms with E-state index >= 15 is 0 Å². The van der Waals surface area contributed by atoms with Crippen molar-refractivity contribution in [2.45, 2.75) is 31.2 Å². The number of nitrogens with zero attached hydrogens (tertiary/aromatic N) is 3. The Kier molecular flexibility index (Phi) is 5.86. The van der Waals surface area contributed by atoms with Gasteiger partial charge in [0, 0.05) is 47.9 Å². The third-order valence-electron chi connectivity index (χ3n) is 6.43. The minimum Gasteiger partial charge on any atom is -0.365 e. The van der Waals surface area contributed by atoms with Crippen molar-refractivity contribution in [2.24, 2.45) is 4.99 Å². The number of hydrogen-bond donors (Lipinski definition) is 1. The summed E-state index contributed by atoms with van der Waals surface area (Å²) in [5.74, 6) is 0.335. The van der Waals surface area contributed by atoms with Gasteiger partial charge in [-0.15, -0.1) is 0 Å². The number of thioether (sulfide) groups is 1. The fourth-order valence-electron chi connectivity index (χ4n) is 4.78. The van der Waals surface area contributed by atoms with E-state index < -0.39 is 9.84 Å². The SMILES string of the molecule is Cc1cccc(N2CCN(C(=O)c3cccc(NC4=N[C@@H]5CS(=O)(=O)C[C@@H]5S4)c3)C[C@H]2C)c1. The van der Waals surface area contributed by atoms with Crippen LogP contribution in [-0.4, -0.2) is 72.9 Å². The maximum Gasteiger partial charge on any atom is 0.254 e. The number of aliphatic imine (C=N–C) groups is 1. The third-order valence-corrected chi connectivity index (χ3v) is 9.57. The predicted octanol–water partition coefficient (Wildman–Crippen LogP) is 3.03. The van der Waals surface area contributed by atoms with Crippen molar-refractivity contribution in [2.75, 3.05) is 41.4 Å². The summed E-state index contributed by atoms with van der Waals surface area (Å²) < 4.78 is 23.5. The molecule has 0 bridgehead atoms. The molecule has 0 aromatic heterocycles. The number of aryl methyl sites for hydroxylation is 1. The van der Waals surface area contributed by atoms with Crippen molar-refractivity contribution >= 4 is 44.0 Å². The average Bonchev–Trinajstić information content (AvgIpc) is 3.25. The van der Waals surface area contributed by atoms with Crippen LogP contribution in [0.3, 0.4) is 0 Å². The molecule has 3 aliphatic heterocycles. The fourth-order valence-corrected chi connectivity index (χ4v) is 8.46. The van der Waals surface area contributed by atoms with E-state index in [1.807, 2.05) is 29.2 Å². The molecular weight excluding hydrogens is 456 g/mol. The van der Waals surface area contributed by atoms with Crippen LogP contribution in [0, 0.1) is 6.92 Å². The second kappa shape index (κ2) is 8.68. The minimum atomic E-state index is -2.97. The van der Waals surface area contributed by atoms with E-state index in [0.29, 0.717) is 18.7 Å². The van der Waals surface area contributed by atoms with Crippen molar-refractivity contribution in [3.05, 3.63) is 59.7 Å². The molecular formula is C24H28N4O3S2. The van der Waals surface area contributed by atoms with Crippen LogP contribution in [0.1, 0.15) is 22.8 Å². The summed E-state index contributed by atoms with van der Waals surface area (Å²) in [7, 11) is -2.97. The lowest BCUT2D eigenvalue weighted by molar-refractivity contribution is 0.0726. The minimum absolute atomic E-state index is 0.00602. The van der Waals surface area contributed by atoms with E-state index in [0.717, 1.165) is 17.4 Å². The quantitative estimate of drug-likeness (QED) is 0.721. The summed E-state index contributed by atoms with van der Waals surface area (Å²) in [6.07, 6.45) is 0. The van der Waals surface area contributed by atoms with Crippen LogP contribution >= 0.6 is 11.8 Å². The monoisotopic (exact) mass is 484 g/mol. The van der Waals surface area contributed by atoms with Crippen LogP contribution in [0.15, 0.2) is 53.5 Å². The summed E-state index contributed by atoms with van der Waals surface area (Å²) in [4.78, 5) is 22.1. The van der Waals surface area contributed by atoms with Crippen LogP contribution in [0.5, 0.6) is 0 Å². The van der Waals surface area contributed by atoms with Crippen molar-refractivity contribution in [1.82, 2.24) is 4.90 Å². The number of sulfone groups is 1. The van der Waals surface area contributed by atoms with Crippen LogP contribution in [0.4, 0.5) is 11.4 Å². The van der Waals surface area contributed by atoms with E-state index in [2.05, 4.69) is 53.3 Å². The first-order valence-electron chi connectivity index (χ1n) is 11.2. The van der Waals surface area contributed by atoms with Gasteiger partial charge in [0.15, 0.2) is 15.0 Å². The first-order chi connectivity index (χ1) is 15.8. The molecule has 1 amide bonds. The molecule has 3 atom stereocenters. The second-order valence-corrected chi connectivity index (χ2v) is 12.5. The van der Waals surface area contributed by atoms with Gasteiger partial charge >= 0.3 is 0 Å². The molecule has 2 saturated heterocycles. The Hall–Kier alpha value is -2.52. The molecule has 0 saturated carbocycles. The molecule has 2 aromatic carbocycles. The third kappa shape index (κ3) is 4.75. The number of carbonyl (C=O) groups is 1. The first-order valence-corrected chi connectivity index (χ1v) is 13.9. The number of amides is 1. The van der Waals surface area contributed by atoms with E-state index in [-0.39, 0.29) is 34.7 Å². The summed E-state index contributed by atoms with van der Waals surface area (Å²) in [5.41, 5.74) is 3.87. The summed E-state index contributed by atoms with van der Waals surface area (Å²) in [6, 6.07) is 16.0. The Morgan fingerprint density at radius 2 is 1.94 bits per heavy atom. The summed E-state index contributed by atoms with van der Waals surface area (Å²) in [5, 5.41) is 4.00. The normalized spacial score (nSPS) is 26.1.